The highest BCUT2D eigenvalue weighted by Gasteiger charge is 2.29. The van der Waals surface area contributed by atoms with Crippen LogP contribution in [0.4, 0.5) is 0 Å². The molecule has 2 rings (SSSR count). The summed E-state index contributed by atoms with van der Waals surface area (Å²) in [6.07, 6.45) is 5.03. The Hall–Kier alpha value is -0.610. The molecule has 0 aromatic carbocycles. The summed E-state index contributed by atoms with van der Waals surface area (Å²) in [6.45, 7) is 6.89. The summed E-state index contributed by atoms with van der Waals surface area (Å²) in [4.78, 5) is 14.1. The van der Waals surface area contributed by atoms with Crippen molar-refractivity contribution in [1.82, 2.24) is 15.5 Å². The maximum atomic E-state index is 11.7. The van der Waals surface area contributed by atoms with Crippen LogP contribution in [0.5, 0.6) is 0 Å². The number of hydrogen-bond acceptors (Lipinski definition) is 3. The molecular weight excluding hydrogens is 226 g/mol. The van der Waals surface area contributed by atoms with Crippen molar-refractivity contribution in [3.63, 3.8) is 0 Å². The molecule has 1 saturated carbocycles. The minimum Gasteiger partial charge on any atom is -0.354 e. The number of nitrogens with zero attached hydrogens (tertiary/aromatic N) is 1. The van der Waals surface area contributed by atoms with Gasteiger partial charge in [-0.15, -0.1) is 0 Å². The normalized spacial score (nSPS) is 23.9. The van der Waals surface area contributed by atoms with Gasteiger partial charge in [0.15, 0.2) is 0 Å². The quantitative estimate of drug-likeness (QED) is 0.737. The van der Waals surface area contributed by atoms with Crippen LogP contribution in [0.2, 0.25) is 0 Å². The number of piperidine rings is 1. The predicted molar refractivity (Wildman–Crippen MR) is 73.4 cm³/mol. The van der Waals surface area contributed by atoms with Crippen molar-refractivity contribution in [2.75, 3.05) is 39.8 Å². The minimum absolute atomic E-state index is 0.149. The van der Waals surface area contributed by atoms with Gasteiger partial charge in [-0.05, 0) is 63.7 Å². The lowest BCUT2D eigenvalue weighted by Crippen LogP contribution is -2.45. The first kappa shape index (κ1) is 13.8. The van der Waals surface area contributed by atoms with E-state index in [1.54, 1.807) is 0 Å². The first-order valence-electron chi connectivity index (χ1n) is 7.23. The van der Waals surface area contributed by atoms with Crippen molar-refractivity contribution in [3.05, 3.63) is 0 Å². The topological polar surface area (TPSA) is 44.4 Å². The molecule has 0 radical (unpaired) electrons. The average molecular weight is 253 g/mol. The van der Waals surface area contributed by atoms with Gasteiger partial charge in [-0.2, -0.15) is 0 Å². The number of nitrogens with one attached hydrogen (secondary N) is 2. The molecule has 1 amide bonds. The van der Waals surface area contributed by atoms with E-state index in [4.69, 9.17) is 0 Å². The second-order valence-electron chi connectivity index (χ2n) is 6.46. The SMILES string of the molecule is CN1CCC(C)(CNC(=O)CNCC2CC2)CC1. The van der Waals surface area contributed by atoms with Gasteiger partial charge in [0.1, 0.15) is 0 Å². The van der Waals surface area contributed by atoms with Crippen LogP contribution in [0, 0.1) is 11.3 Å². The zero-order valence-electron chi connectivity index (χ0n) is 11.8. The van der Waals surface area contributed by atoms with Crippen molar-refractivity contribution in [2.24, 2.45) is 11.3 Å². The Labute approximate surface area is 110 Å². The zero-order chi connectivity index (χ0) is 13.0. The summed E-state index contributed by atoms with van der Waals surface area (Å²) in [7, 11) is 2.17. The summed E-state index contributed by atoms with van der Waals surface area (Å²) < 4.78 is 0. The van der Waals surface area contributed by atoms with Gasteiger partial charge in [0.25, 0.3) is 0 Å². The number of amides is 1. The average Bonchev–Trinajstić information content (AvgIpc) is 3.15. The van der Waals surface area contributed by atoms with E-state index in [9.17, 15) is 4.79 Å². The lowest BCUT2D eigenvalue weighted by Gasteiger charge is -2.37. The van der Waals surface area contributed by atoms with E-state index >= 15 is 0 Å². The van der Waals surface area contributed by atoms with Gasteiger partial charge in [0.2, 0.25) is 5.91 Å². The van der Waals surface area contributed by atoms with Crippen LogP contribution in [-0.2, 0) is 4.79 Å². The zero-order valence-corrected chi connectivity index (χ0v) is 11.8. The molecule has 1 aliphatic heterocycles. The smallest absolute Gasteiger partial charge is 0.233 e. The van der Waals surface area contributed by atoms with Gasteiger partial charge in [0.05, 0.1) is 6.54 Å². The molecule has 0 bridgehead atoms. The molecule has 1 saturated heterocycles. The number of carbonyl (C=O) groups excluding carboxylic acids is 1. The Kier molecular flexibility index (Phi) is 4.62. The molecule has 1 heterocycles. The summed E-state index contributed by atoms with van der Waals surface area (Å²) in [6, 6.07) is 0. The molecule has 2 aliphatic rings. The molecule has 0 spiro atoms. The highest BCUT2D eigenvalue weighted by molar-refractivity contribution is 5.78. The fourth-order valence-corrected chi connectivity index (χ4v) is 2.42. The van der Waals surface area contributed by atoms with Crippen LogP contribution in [0.1, 0.15) is 32.6 Å². The molecule has 4 heteroatoms. The number of carbonyl (C=O) groups is 1. The highest BCUT2D eigenvalue weighted by Crippen LogP contribution is 2.29. The Bertz CT molecular complexity index is 281. The van der Waals surface area contributed by atoms with Crippen LogP contribution >= 0.6 is 0 Å². The number of likely N-dealkylation sites (tertiary alicyclic amines) is 1. The molecule has 0 atom stereocenters. The van der Waals surface area contributed by atoms with E-state index < -0.39 is 0 Å². The molecule has 0 aromatic heterocycles. The Morgan fingerprint density at radius 3 is 2.61 bits per heavy atom. The summed E-state index contributed by atoms with van der Waals surface area (Å²) in [5.74, 6) is 0.986. The maximum absolute atomic E-state index is 11.7. The third-order valence-corrected chi connectivity index (χ3v) is 4.32. The monoisotopic (exact) mass is 253 g/mol. The fraction of sp³-hybridized carbons (Fsp3) is 0.929. The molecule has 4 nitrogen and oxygen atoms in total. The lowest BCUT2D eigenvalue weighted by atomic mass is 9.80. The van der Waals surface area contributed by atoms with Crippen LogP contribution in [-0.4, -0.2) is 50.6 Å². The molecular formula is C14H27N3O. The minimum atomic E-state index is 0.149. The number of rotatable bonds is 6. The van der Waals surface area contributed by atoms with Gasteiger partial charge >= 0.3 is 0 Å². The van der Waals surface area contributed by atoms with Gasteiger partial charge in [-0.25, -0.2) is 0 Å². The Morgan fingerprint density at radius 2 is 2.00 bits per heavy atom. The molecule has 2 fully saturated rings. The Morgan fingerprint density at radius 1 is 1.33 bits per heavy atom. The summed E-state index contributed by atoms with van der Waals surface area (Å²) >= 11 is 0. The van der Waals surface area contributed by atoms with Crippen molar-refractivity contribution < 1.29 is 4.79 Å². The van der Waals surface area contributed by atoms with Gasteiger partial charge in [-0.3, -0.25) is 4.79 Å². The third kappa shape index (κ3) is 4.58. The fourth-order valence-electron chi connectivity index (χ4n) is 2.42. The predicted octanol–water partition coefficient (Wildman–Crippen LogP) is 0.834. The van der Waals surface area contributed by atoms with E-state index in [1.807, 2.05) is 0 Å². The number of hydrogen-bond donors (Lipinski definition) is 2. The molecule has 0 aromatic rings. The van der Waals surface area contributed by atoms with Gasteiger partial charge < -0.3 is 15.5 Å². The highest BCUT2D eigenvalue weighted by atomic mass is 16.1. The van der Waals surface area contributed by atoms with Crippen LogP contribution < -0.4 is 10.6 Å². The molecule has 0 unspecified atom stereocenters. The second kappa shape index (κ2) is 6.02. The van der Waals surface area contributed by atoms with Crippen molar-refractivity contribution in [3.8, 4) is 0 Å². The molecule has 104 valence electrons. The van der Waals surface area contributed by atoms with Crippen molar-refractivity contribution >= 4 is 5.91 Å². The maximum Gasteiger partial charge on any atom is 0.233 e. The van der Waals surface area contributed by atoms with E-state index in [0.29, 0.717) is 12.0 Å². The third-order valence-electron chi connectivity index (χ3n) is 4.32. The molecule has 2 N–H and O–H groups in total. The largest absolute Gasteiger partial charge is 0.354 e. The van der Waals surface area contributed by atoms with Gasteiger partial charge in [-0.1, -0.05) is 6.92 Å². The first-order valence-corrected chi connectivity index (χ1v) is 7.23. The molecule has 1 aliphatic carbocycles. The van der Waals surface area contributed by atoms with E-state index in [2.05, 4.69) is 29.5 Å². The van der Waals surface area contributed by atoms with E-state index in [1.165, 1.54) is 25.7 Å². The second-order valence-corrected chi connectivity index (χ2v) is 6.46. The summed E-state index contributed by atoms with van der Waals surface area (Å²) in [5.41, 5.74) is 0.290. The molecule has 18 heavy (non-hydrogen) atoms. The van der Waals surface area contributed by atoms with Gasteiger partial charge in [0, 0.05) is 6.54 Å². The van der Waals surface area contributed by atoms with Crippen LogP contribution in [0.15, 0.2) is 0 Å². The Balaban J connectivity index is 1.58. The van der Waals surface area contributed by atoms with E-state index in [0.717, 1.165) is 32.1 Å². The van der Waals surface area contributed by atoms with Crippen LogP contribution in [0.3, 0.4) is 0 Å². The standard InChI is InChI=1S/C14H27N3O/c1-14(5-7-17(2)8-6-14)11-16-13(18)10-15-9-12-3-4-12/h12,15H,3-11H2,1-2H3,(H,16,18). The van der Waals surface area contributed by atoms with Crippen LogP contribution in [0.25, 0.3) is 0 Å². The van der Waals surface area contributed by atoms with E-state index in [-0.39, 0.29) is 5.91 Å². The first-order chi connectivity index (χ1) is 8.57. The van der Waals surface area contributed by atoms with Crippen molar-refractivity contribution in [1.29, 1.82) is 0 Å². The van der Waals surface area contributed by atoms with Crippen molar-refractivity contribution in [2.45, 2.75) is 32.6 Å². The summed E-state index contributed by atoms with van der Waals surface area (Å²) in [5, 5.41) is 6.32. The lowest BCUT2D eigenvalue weighted by molar-refractivity contribution is -0.120.